The van der Waals surface area contributed by atoms with Gasteiger partial charge >= 0.3 is 6.18 Å². The summed E-state index contributed by atoms with van der Waals surface area (Å²) in [6.07, 6.45) is -4.40. The Hall–Kier alpha value is -1.82. The van der Waals surface area contributed by atoms with Crippen molar-refractivity contribution in [1.29, 1.82) is 0 Å². The first kappa shape index (κ1) is 15.6. The molecule has 0 spiro atoms. The van der Waals surface area contributed by atoms with E-state index in [0.29, 0.717) is 6.54 Å². The van der Waals surface area contributed by atoms with Crippen LogP contribution in [-0.4, -0.2) is 5.91 Å². The van der Waals surface area contributed by atoms with Crippen LogP contribution in [0.25, 0.3) is 0 Å². The van der Waals surface area contributed by atoms with Crippen molar-refractivity contribution in [3.63, 3.8) is 0 Å². The molecule has 2 rings (SSSR count). The van der Waals surface area contributed by atoms with E-state index in [9.17, 15) is 18.0 Å². The van der Waals surface area contributed by atoms with E-state index in [2.05, 4.69) is 21.2 Å². The highest BCUT2D eigenvalue weighted by molar-refractivity contribution is 9.10. The van der Waals surface area contributed by atoms with Crippen molar-refractivity contribution >= 4 is 21.8 Å². The molecule has 1 N–H and O–H groups in total. The molecule has 0 unspecified atom stereocenters. The fourth-order valence-electron chi connectivity index (χ4n) is 1.73. The Kier molecular flexibility index (Phi) is 4.67. The number of carbonyl (C=O) groups is 1. The summed E-state index contributed by atoms with van der Waals surface area (Å²) in [4.78, 5) is 11.9. The van der Waals surface area contributed by atoms with Crippen LogP contribution >= 0.6 is 15.9 Å². The first-order valence-electron chi connectivity index (χ1n) is 6.07. The number of alkyl halides is 3. The van der Waals surface area contributed by atoms with Crippen LogP contribution in [0.2, 0.25) is 0 Å². The van der Waals surface area contributed by atoms with Gasteiger partial charge in [0.2, 0.25) is 0 Å². The normalized spacial score (nSPS) is 11.2. The number of nitrogens with one attached hydrogen (secondary N) is 1. The molecule has 1 amide bonds. The molecule has 0 bridgehead atoms. The number of hydrogen-bond acceptors (Lipinski definition) is 1. The molecule has 110 valence electrons. The molecule has 0 aromatic heterocycles. The summed E-state index contributed by atoms with van der Waals surface area (Å²) >= 11 is 3.36. The van der Waals surface area contributed by atoms with Crippen molar-refractivity contribution in [3.8, 4) is 0 Å². The standard InChI is InChI=1S/C15H11BrF3NO/c16-13-4-2-1-3-11(13)9-20-14(21)10-5-7-12(8-6-10)15(17,18)19/h1-8H,9H2,(H,20,21). The molecule has 0 aliphatic heterocycles. The summed E-state index contributed by atoms with van der Waals surface area (Å²) in [5, 5.41) is 2.66. The lowest BCUT2D eigenvalue weighted by molar-refractivity contribution is -0.137. The second-order valence-corrected chi connectivity index (χ2v) is 5.20. The van der Waals surface area contributed by atoms with E-state index < -0.39 is 17.6 Å². The number of benzene rings is 2. The molecule has 0 radical (unpaired) electrons. The highest BCUT2D eigenvalue weighted by atomic mass is 79.9. The average Bonchev–Trinajstić information content (AvgIpc) is 2.45. The van der Waals surface area contributed by atoms with Gasteiger partial charge in [-0.15, -0.1) is 0 Å². The number of rotatable bonds is 3. The van der Waals surface area contributed by atoms with E-state index in [4.69, 9.17) is 0 Å². The first-order valence-corrected chi connectivity index (χ1v) is 6.86. The number of halogens is 4. The molecular weight excluding hydrogens is 347 g/mol. The van der Waals surface area contributed by atoms with Crippen LogP contribution in [0.3, 0.4) is 0 Å². The smallest absolute Gasteiger partial charge is 0.348 e. The van der Waals surface area contributed by atoms with E-state index in [1.165, 1.54) is 0 Å². The number of carbonyl (C=O) groups excluding carboxylic acids is 1. The van der Waals surface area contributed by atoms with Gasteiger partial charge in [-0.3, -0.25) is 4.79 Å². The maximum Gasteiger partial charge on any atom is 0.416 e. The highest BCUT2D eigenvalue weighted by Crippen LogP contribution is 2.29. The van der Waals surface area contributed by atoms with Crippen LogP contribution in [0.4, 0.5) is 13.2 Å². The Bertz CT molecular complexity index is 638. The van der Waals surface area contributed by atoms with E-state index >= 15 is 0 Å². The van der Waals surface area contributed by atoms with Crippen molar-refractivity contribution in [2.45, 2.75) is 12.7 Å². The van der Waals surface area contributed by atoms with Crippen LogP contribution < -0.4 is 5.32 Å². The van der Waals surface area contributed by atoms with Gasteiger partial charge in [-0.1, -0.05) is 34.1 Å². The van der Waals surface area contributed by atoms with Crippen LogP contribution in [0, 0.1) is 0 Å². The predicted octanol–water partition coefficient (Wildman–Crippen LogP) is 4.40. The molecule has 2 nitrogen and oxygen atoms in total. The average molecular weight is 358 g/mol. The van der Waals surface area contributed by atoms with E-state index in [1.54, 1.807) is 0 Å². The molecule has 6 heteroatoms. The van der Waals surface area contributed by atoms with Gasteiger partial charge in [0.25, 0.3) is 5.91 Å². The lowest BCUT2D eigenvalue weighted by atomic mass is 10.1. The Morgan fingerprint density at radius 1 is 1.05 bits per heavy atom. The van der Waals surface area contributed by atoms with E-state index in [1.807, 2.05) is 24.3 Å². The quantitative estimate of drug-likeness (QED) is 0.866. The topological polar surface area (TPSA) is 29.1 Å². The van der Waals surface area contributed by atoms with Gasteiger partial charge in [0.15, 0.2) is 0 Å². The van der Waals surface area contributed by atoms with Gasteiger partial charge in [0.1, 0.15) is 0 Å². The second-order valence-electron chi connectivity index (χ2n) is 4.35. The number of amides is 1. The Labute approximate surface area is 128 Å². The third kappa shape index (κ3) is 4.07. The van der Waals surface area contributed by atoms with Crippen molar-refractivity contribution < 1.29 is 18.0 Å². The monoisotopic (exact) mass is 357 g/mol. The SMILES string of the molecule is O=C(NCc1ccccc1Br)c1ccc(C(F)(F)F)cc1. The van der Waals surface area contributed by atoms with Crippen molar-refractivity contribution in [2.24, 2.45) is 0 Å². The predicted molar refractivity (Wildman–Crippen MR) is 76.8 cm³/mol. The summed E-state index contributed by atoms with van der Waals surface area (Å²) in [5.41, 5.74) is 0.303. The maximum atomic E-state index is 12.4. The van der Waals surface area contributed by atoms with Gasteiger partial charge < -0.3 is 5.32 Å². The van der Waals surface area contributed by atoms with Gasteiger partial charge in [-0.2, -0.15) is 13.2 Å². The van der Waals surface area contributed by atoms with Crippen molar-refractivity contribution in [2.75, 3.05) is 0 Å². The molecule has 0 aliphatic carbocycles. The third-order valence-corrected chi connectivity index (χ3v) is 3.65. The molecule has 0 atom stereocenters. The minimum Gasteiger partial charge on any atom is -0.348 e. The molecule has 0 fully saturated rings. The lowest BCUT2D eigenvalue weighted by Crippen LogP contribution is -2.23. The highest BCUT2D eigenvalue weighted by Gasteiger charge is 2.30. The zero-order chi connectivity index (χ0) is 15.5. The van der Waals surface area contributed by atoms with Gasteiger partial charge in [-0.25, -0.2) is 0 Å². The number of hydrogen-bond donors (Lipinski definition) is 1. The van der Waals surface area contributed by atoms with Crippen LogP contribution in [0.15, 0.2) is 53.0 Å². The molecule has 0 saturated heterocycles. The van der Waals surface area contributed by atoms with Crippen LogP contribution in [0.5, 0.6) is 0 Å². The molecular formula is C15H11BrF3NO. The van der Waals surface area contributed by atoms with Gasteiger partial charge in [0.05, 0.1) is 5.56 Å². The molecule has 21 heavy (non-hydrogen) atoms. The third-order valence-electron chi connectivity index (χ3n) is 2.87. The zero-order valence-electron chi connectivity index (χ0n) is 10.7. The summed E-state index contributed by atoms with van der Waals surface area (Å²) < 4.78 is 38.1. The molecule has 0 saturated carbocycles. The van der Waals surface area contributed by atoms with E-state index in [-0.39, 0.29) is 5.56 Å². The summed E-state index contributed by atoms with van der Waals surface area (Å²) in [7, 11) is 0. The minimum atomic E-state index is -4.40. The van der Waals surface area contributed by atoms with Gasteiger partial charge in [0, 0.05) is 16.6 Å². The molecule has 2 aromatic carbocycles. The first-order chi connectivity index (χ1) is 9.88. The summed E-state index contributed by atoms with van der Waals surface area (Å²) in [5.74, 6) is -0.417. The van der Waals surface area contributed by atoms with E-state index in [0.717, 1.165) is 34.3 Å². The van der Waals surface area contributed by atoms with Gasteiger partial charge in [-0.05, 0) is 35.9 Å². The minimum absolute atomic E-state index is 0.190. The molecule has 0 heterocycles. The molecule has 2 aromatic rings. The summed E-state index contributed by atoms with van der Waals surface area (Å²) in [6.45, 7) is 0.293. The maximum absolute atomic E-state index is 12.4. The van der Waals surface area contributed by atoms with Crippen molar-refractivity contribution in [3.05, 3.63) is 69.7 Å². The Balaban J connectivity index is 2.03. The fraction of sp³-hybridized carbons (Fsp3) is 0.133. The second kappa shape index (κ2) is 6.30. The lowest BCUT2D eigenvalue weighted by Gasteiger charge is -2.09. The zero-order valence-corrected chi connectivity index (χ0v) is 12.3. The molecule has 0 aliphatic rings. The fourth-order valence-corrected chi connectivity index (χ4v) is 2.15. The van der Waals surface area contributed by atoms with Crippen LogP contribution in [-0.2, 0) is 12.7 Å². The Morgan fingerprint density at radius 3 is 2.24 bits per heavy atom. The summed E-state index contributed by atoms with van der Waals surface area (Å²) in [6, 6.07) is 11.5. The van der Waals surface area contributed by atoms with Crippen molar-refractivity contribution in [1.82, 2.24) is 5.32 Å². The largest absolute Gasteiger partial charge is 0.416 e. The van der Waals surface area contributed by atoms with Crippen LogP contribution in [0.1, 0.15) is 21.5 Å². The Morgan fingerprint density at radius 2 is 1.67 bits per heavy atom.